The van der Waals surface area contributed by atoms with Crippen LogP contribution in [0.3, 0.4) is 0 Å². The van der Waals surface area contributed by atoms with Crippen molar-refractivity contribution in [3.05, 3.63) is 23.9 Å². The Bertz CT molecular complexity index is 541. The number of fused-ring (bicyclic) bond motifs is 1. The van der Waals surface area contributed by atoms with E-state index in [1.165, 1.54) is 0 Å². The van der Waals surface area contributed by atoms with Gasteiger partial charge in [-0.15, -0.1) is 0 Å². The number of aliphatic carboxylic acids is 1. The first-order chi connectivity index (χ1) is 10.0. The molecule has 0 radical (unpaired) electrons. The zero-order valence-electron chi connectivity index (χ0n) is 12.3. The first-order valence-corrected chi connectivity index (χ1v) is 7.28. The zero-order valence-corrected chi connectivity index (χ0v) is 12.3. The fraction of sp³-hybridized carbons (Fsp3) is 0.533. The molecule has 0 saturated carbocycles. The van der Waals surface area contributed by atoms with Gasteiger partial charge in [0, 0.05) is 18.3 Å². The predicted molar refractivity (Wildman–Crippen MR) is 78.9 cm³/mol. The lowest BCUT2D eigenvalue weighted by Gasteiger charge is -2.31. The molecule has 0 bridgehead atoms. The van der Waals surface area contributed by atoms with Crippen LogP contribution < -0.4 is 10.6 Å². The summed E-state index contributed by atoms with van der Waals surface area (Å²) < 4.78 is 0. The van der Waals surface area contributed by atoms with Crippen molar-refractivity contribution < 1.29 is 14.7 Å². The SMILES string of the molecule is CCC(CC)(C(=O)O)C(=O)NC1CCNc2ncccc21. The lowest BCUT2D eigenvalue weighted by Crippen LogP contribution is -2.47. The van der Waals surface area contributed by atoms with E-state index in [-0.39, 0.29) is 18.9 Å². The summed E-state index contributed by atoms with van der Waals surface area (Å²) in [5.41, 5.74) is -0.448. The molecular weight excluding hydrogens is 270 g/mol. The zero-order chi connectivity index (χ0) is 15.5. The second kappa shape index (κ2) is 6.11. The largest absolute Gasteiger partial charge is 0.480 e. The molecule has 1 unspecified atom stereocenters. The summed E-state index contributed by atoms with van der Waals surface area (Å²) in [6.45, 7) is 4.16. The number of nitrogens with zero attached hydrogens (tertiary/aromatic N) is 1. The molecule has 1 aliphatic rings. The van der Waals surface area contributed by atoms with Gasteiger partial charge in [0.25, 0.3) is 0 Å². The van der Waals surface area contributed by atoms with E-state index in [0.29, 0.717) is 13.0 Å². The average molecular weight is 291 g/mol. The molecule has 0 spiro atoms. The van der Waals surface area contributed by atoms with Crippen molar-refractivity contribution >= 4 is 17.7 Å². The molecule has 1 amide bonds. The summed E-state index contributed by atoms with van der Waals surface area (Å²) in [5, 5.41) is 15.5. The third-order valence-electron chi connectivity index (χ3n) is 4.30. The number of hydrogen-bond acceptors (Lipinski definition) is 4. The number of carboxylic acid groups (broad SMARTS) is 1. The molecule has 0 aliphatic carbocycles. The molecule has 1 aromatic rings. The third-order valence-corrected chi connectivity index (χ3v) is 4.30. The summed E-state index contributed by atoms with van der Waals surface area (Å²) in [6.07, 6.45) is 2.95. The van der Waals surface area contributed by atoms with Gasteiger partial charge >= 0.3 is 5.97 Å². The summed E-state index contributed by atoms with van der Waals surface area (Å²) >= 11 is 0. The van der Waals surface area contributed by atoms with Crippen molar-refractivity contribution in [1.82, 2.24) is 10.3 Å². The van der Waals surface area contributed by atoms with Crippen LogP contribution in [0.2, 0.25) is 0 Å². The van der Waals surface area contributed by atoms with Crippen molar-refractivity contribution in [3.63, 3.8) is 0 Å². The van der Waals surface area contributed by atoms with E-state index in [1.54, 1.807) is 20.0 Å². The number of carboxylic acids is 1. The maximum Gasteiger partial charge on any atom is 0.319 e. The minimum absolute atomic E-state index is 0.195. The number of aromatic nitrogens is 1. The Kier molecular flexibility index (Phi) is 4.45. The number of pyridine rings is 1. The van der Waals surface area contributed by atoms with Crippen LogP contribution in [0.25, 0.3) is 0 Å². The summed E-state index contributed by atoms with van der Waals surface area (Å²) in [4.78, 5) is 28.3. The monoisotopic (exact) mass is 291 g/mol. The maximum absolute atomic E-state index is 12.5. The third kappa shape index (κ3) is 2.70. The number of anilines is 1. The number of hydrogen-bond donors (Lipinski definition) is 3. The summed E-state index contributed by atoms with van der Waals surface area (Å²) in [7, 11) is 0. The molecule has 114 valence electrons. The van der Waals surface area contributed by atoms with Crippen LogP contribution in [-0.2, 0) is 9.59 Å². The molecule has 6 heteroatoms. The number of carbonyl (C=O) groups is 2. The molecule has 0 aromatic carbocycles. The van der Waals surface area contributed by atoms with Crippen LogP contribution in [0.1, 0.15) is 44.7 Å². The van der Waals surface area contributed by atoms with E-state index in [9.17, 15) is 14.7 Å². The normalized spacial score (nSPS) is 17.5. The molecular formula is C15H21N3O3. The number of nitrogens with one attached hydrogen (secondary N) is 2. The van der Waals surface area contributed by atoms with E-state index >= 15 is 0 Å². The minimum Gasteiger partial charge on any atom is -0.480 e. The number of carbonyl (C=O) groups excluding carboxylic acids is 1. The Morgan fingerprint density at radius 3 is 2.81 bits per heavy atom. The fourth-order valence-corrected chi connectivity index (χ4v) is 2.75. The van der Waals surface area contributed by atoms with E-state index in [1.807, 2.05) is 12.1 Å². The Hall–Kier alpha value is -2.11. The first-order valence-electron chi connectivity index (χ1n) is 7.28. The standard InChI is InChI=1S/C15H21N3O3/c1-3-15(4-2,14(20)21)13(19)18-11-7-9-17-12-10(11)6-5-8-16-12/h5-6,8,11H,3-4,7,9H2,1-2H3,(H,16,17)(H,18,19)(H,20,21). The van der Waals surface area contributed by atoms with Crippen LogP contribution in [0, 0.1) is 5.41 Å². The van der Waals surface area contributed by atoms with Gasteiger partial charge in [-0.3, -0.25) is 9.59 Å². The van der Waals surface area contributed by atoms with Gasteiger partial charge in [0.1, 0.15) is 11.2 Å². The van der Waals surface area contributed by atoms with E-state index in [0.717, 1.165) is 11.4 Å². The highest BCUT2D eigenvalue weighted by atomic mass is 16.4. The highest BCUT2D eigenvalue weighted by Crippen LogP contribution is 2.32. The highest BCUT2D eigenvalue weighted by Gasteiger charge is 2.43. The second-order valence-electron chi connectivity index (χ2n) is 5.28. The van der Waals surface area contributed by atoms with Crippen molar-refractivity contribution in [2.24, 2.45) is 5.41 Å². The average Bonchev–Trinajstić information content (AvgIpc) is 2.49. The van der Waals surface area contributed by atoms with Crippen molar-refractivity contribution in [1.29, 1.82) is 0 Å². The lowest BCUT2D eigenvalue weighted by molar-refractivity contribution is -0.156. The Morgan fingerprint density at radius 2 is 2.19 bits per heavy atom. The van der Waals surface area contributed by atoms with E-state index in [2.05, 4.69) is 15.6 Å². The smallest absolute Gasteiger partial charge is 0.319 e. The van der Waals surface area contributed by atoms with Gasteiger partial charge in [0.2, 0.25) is 5.91 Å². The van der Waals surface area contributed by atoms with Gasteiger partial charge in [-0.1, -0.05) is 19.9 Å². The van der Waals surface area contributed by atoms with Gasteiger partial charge in [0.05, 0.1) is 6.04 Å². The van der Waals surface area contributed by atoms with Gasteiger partial charge in [-0.2, -0.15) is 0 Å². The molecule has 1 aromatic heterocycles. The van der Waals surface area contributed by atoms with E-state index in [4.69, 9.17) is 0 Å². The first kappa shape index (κ1) is 15.3. The molecule has 6 nitrogen and oxygen atoms in total. The second-order valence-corrected chi connectivity index (χ2v) is 5.28. The van der Waals surface area contributed by atoms with Gasteiger partial charge in [0.15, 0.2) is 0 Å². The molecule has 3 N–H and O–H groups in total. The minimum atomic E-state index is -1.35. The Morgan fingerprint density at radius 1 is 1.48 bits per heavy atom. The Labute approximate surface area is 124 Å². The molecule has 2 rings (SSSR count). The number of rotatable bonds is 5. The topological polar surface area (TPSA) is 91.3 Å². The number of amides is 1. The predicted octanol–water partition coefficient (Wildman–Crippen LogP) is 1.95. The maximum atomic E-state index is 12.5. The van der Waals surface area contributed by atoms with Crippen molar-refractivity contribution in [2.75, 3.05) is 11.9 Å². The molecule has 2 heterocycles. The van der Waals surface area contributed by atoms with Crippen LogP contribution in [0.15, 0.2) is 18.3 Å². The van der Waals surface area contributed by atoms with Crippen LogP contribution >= 0.6 is 0 Å². The van der Waals surface area contributed by atoms with Crippen molar-refractivity contribution in [2.45, 2.75) is 39.2 Å². The van der Waals surface area contributed by atoms with Crippen molar-refractivity contribution in [3.8, 4) is 0 Å². The molecule has 0 fully saturated rings. The Balaban J connectivity index is 2.22. The molecule has 21 heavy (non-hydrogen) atoms. The summed E-state index contributed by atoms with van der Waals surface area (Å²) in [6, 6.07) is 3.52. The fourth-order valence-electron chi connectivity index (χ4n) is 2.75. The van der Waals surface area contributed by atoms with Crippen LogP contribution in [0.5, 0.6) is 0 Å². The van der Waals surface area contributed by atoms with Gasteiger partial charge < -0.3 is 15.7 Å². The molecule has 0 saturated heterocycles. The highest BCUT2D eigenvalue weighted by molar-refractivity contribution is 6.02. The molecule has 1 aliphatic heterocycles. The van der Waals surface area contributed by atoms with Crippen LogP contribution in [0.4, 0.5) is 5.82 Å². The molecule has 1 atom stereocenters. The van der Waals surface area contributed by atoms with E-state index < -0.39 is 17.3 Å². The van der Waals surface area contributed by atoms with Gasteiger partial charge in [-0.25, -0.2) is 4.98 Å². The lowest BCUT2D eigenvalue weighted by atomic mass is 9.81. The van der Waals surface area contributed by atoms with Gasteiger partial charge in [-0.05, 0) is 25.3 Å². The quantitative estimate of drug-likeness (QED) is 0.721. The summed E-state index contributed by atoms with van der Waals surface area (Å²) in [5.74, 6) is -0.727. The van der Waals surface area contributed by atoms with Crippen LogP contribution in [-0.4, -0.2) is 28.5 Å².